The topological polar surface area (TPSA) is 164 Å². The molecule has 0 aliphatic rings. The molecule has 0 saturated carbocycles. The highest BCUT2D eigenvalue weighted by Gasteiger charge is 2.42. The zero-order valence-corrected chi connectivity index (χ0v) is 80.5. The van der Waals surface area contributed by atoms with Gasteiger partial charge in [0.1, 0.15) is 0 Å². The normalized spacial score (nSPS) is 10.5. The third-order valence-corrected chi connectivity index (χ3v) is 24.7. The Morgan fingerprint density at radius 3 is 0.526 bits per heavy atom. The molecule has 12 nitrogen and oxygen atoms in total. The van der Waals surface area contributed by atoms with Gasteiger partial charge >= 0.3 is 8.80 Å². The molecule has 0 N–H and O–H groups in total. The second-order valence-electron chi connectivity index (χ2n) is 32.3. The van der Waals surface area contributed by atoms with Crippen LogP contribution in [-0.2, 0) is 58.2 Å². The average Bonchev–Trinajstić information content (AvgIpc) is 0.792. The molecule has 0 aliphatic heterocycles. The third-order valence-electron chi connectivity index (χ3n) is 21.6. The van der Waals surface area contributed by atoms with E-state index in [0.717, 1.165) is 108 Å². The van der Waals surface area contributed by atoms with Gasteiger partial charge in [-0.1, -0.05) is 485 Å². The first-order chi connectivity index (χ1) is 66.4. The number of hydrogen-bond donors (Lipinski definition) is 0. The van der Waals surface area contributed by atoms with Crippen LogP contribution in [0.3, 0.4) is 0 Å². The van der Waals surface area contributed by atoms with Gasteiger partial charge in [-0.05, 0) is 59.7 Å². The van der Waals surface area contributed by atoms with Crippen molar-refractivity contribution in [1.29, 1.82) is 0 Å². The van der Waals surface area contributed by atoms with E-state index in [0.29, 0.717) is 69.2 Å². The van der Waals surface area contributed by atoms with Crippen LogP contribution in [0.1, 0.15) is 161 Å². The number of carbonyl (C=O) groups is 8. The molecule has 1 atom stereocenters. The highest BCUT2D eigenvalue weighted by Crippen LogP contribution is 2.31. The Hall–Kier alpha value is -14.8. The van der Waals surface area contributed by atoms with Gasteiger partial charge in [0.15, 0.2) is 46.5 Å². The number of Topliss-reactive ketones (excluding diaryl/α,β-unsaturated/α-hetero) is 8. The smallest absolute Gasteiger partial charge is 0.501 e. The Bertz CT molecular complexity index is 5190. The Morgan fingerprint density at radius 1 is 0.219 bits per heavy atom. The molecule has 137 heavy (non-hydrogen) atoms. The fraction of sp³-hybridized carbons (Fsp3) is 0.154. The van der Waals surface area contributed by atoms with E-state index < -0.39 is 8.80 Å². The molecular weight excluding hydrogens is 1730 g/mol. The molecule has 1 unspecified atom stereocenters. The summed E-state index contributed by atoms with van der Waals surface area (Å²) in [6.07, 6.45) is 4.19. The number of halogens is 1. The lowest BCUT2D eigenvalue weighted by molar-refractivity contribution is -0.911. The second kappa shape index (κ2) is 61.9. The highest BCUT2D eigenvalue weighted by molar-refractivity contribution is 6.60. The molecule has 0 bridgehead atoms. The lowest BCUT2D eigenvalue weighted by Gasteiger charge is -2.38. The Kier molecular flexibility index (Phi) is 48.6. The standard InChI is InChI=1S/C25H38NO4Si.7C14H12O.ClH/c1-6-28-31(29-7-2,30-8-3)21-15-20-26(4,5)24(22-16-11-9-12-17-22)25(27)23-18-13-10-14-19-23;7*15-14(13-9-5-2-6-10-13)11-12-7-3-1-4-8-12;/h9-14,16-19,24H,6-8,15,20-21H2,1-5H3;7*1-10H,11H2;1H/q+1;;;;;;;;/p-1. The van der Waals surface area contributed by atoms with E-state index in [2.05, 4.69) is 14.1 Å². The molecule has 696 valence electrons. The van der Waals surface area contributed by atoms with Crippen molar-refractivity contribution in [2.24, 2.45) is 0 Å². The maximum absolute atomic E-state index is 13.6. The first-order valence-corrected chi connectivity index (χ1v) is 48.1. The highest BCUT2D eigenvalue weighted by atomic mass is 35.5. The van der Waals surface area contributed by atoms with Crippen LogP contribution in [0.2, 0.25) is 6.04 Å². The Labute approximate surface area is 817 Å². The van der Waals surface area contributed by atoms with Crippen LogP contribution in [0.25, 0.3) is 0 Å². The van der Waals surface area contributed by atoms with Crippen molar-refractivity contribution in [2.45, 2.75) is 84.2 Å². The van der Waals surface area contributed by atoms with Gasteiger partial charge in [0.25, 0.3) is 0 Å². The molecule has 16 aromatic carbocycles. The van der Waals surface area contributed by atoms with Crippen molar-refractivity contribution in [1.82, 2.24) is 0 Å². The summed E-state index contributed by atoms with van der Waals surface area (Å²) < 4.78 is 18.6. The fourth-order valence-electron chi connectivity index (χ4n) is 14.7. The van der Waals surface area contributed by atoms with Gasteiger partial charge in [0.2, 0.25) is 5.78 Å². The molecule has 0 aliphatic carbocycles. The van der Waals surface area contributed by atoms with Crippen molar-refractivity contribution in [3.05, 3.63) is 574 Å². The van der Waals surface area contributed by atoms with Crippen LogP contribution in [0.4, 0.5) is 0 Å². The minimum absolute atomic E-state index is 0. The molecule has 0 radical (unpaired) electrons. The van der Waals surface area contributed by atoms with E-state index in [-0.39, 0.29) is 64.7 Å². The van der Waals surface area contributed by atoms with Crippen LogP contribution in [0.5, 0.6) is 0 Å². The lowest BCUT2D eigenvalue weighted by atomic mass is 9.94. The number of likely N-dealkylation sites (N-methyl/N-ethyl adjacent to an activating group) is 1. The SMILES string of the molecule is CCO[Si](CCC[N+](C)(C)C(C(=O)c1ccccc1)c1ccccc1)(OCC)OCC.O=C(Cc1ccccc1)c1ccccc1.O=C(Cc1ccccc1)c1ccccc1.O=C(Cc1ccccc1)c1ccccc1.O=C(Cc1ccccc1)c1ccccc1.O=C(Cc1ccccc1)c1ccccc1.O=C(Cc1ccccc1)c1ccccc1.O=C(Cc1ccccc1)c1ccccc1.[Cl-]. The van der Waals surface area contributed by atoms with E-state index in [1.165, 1.54) is 0 Å². The summed E-state index contributed by atoms with van der Waals surface area (Å²) >= 11 is 0. The summed E-state index contributed by atoms with van der Waals surface area (Å²) in [5, 5.41) is 0. The van der Waals surface area contributed by atoms with Gasteiger partial charge in [-0.2, -0.15) is 0 Å². The minimum Gasteiger partial charge on any atom is -1.00 e. The maximum atomic E-state index is 13.6. The van der Waals surface area contributed by atoms with Gasteiger partial charge in [0.05, 0.1) is 20.6 Å². The van der Waals surface area contributed by atoms with Crippen molar-refractivity contribution in [3.8, 4) is 0 Å². The molecule has 0 saturated heterocycles. The maximum Gasteiger partial charge on any atom is 0.501 e. The molecule has 0 heterocycles. The second-order valence-corrected chi connectivity index (χ2v) is 35.0. The number of benzene rings is 16. The number of rotatable bonds is 35. The van der Waals surface area contributed by atoms with E-state index in [4.69, 9.17) is 13.3 Å². The third kappa shape index (κ3) is 40.1. The van der Waals surface area contributed by atoms with Crippen LogP contribution < -0.4 is 12.4 Å². The van der Waals surface area contributed by atoms with Crippen LogP contribution in [-0.4, -0.2) is 100 Å². The van der Waals surface area contributed by atoms with E-state index in [9.17, 15) is 38.4 Å². The first-order valence-electron chi connectivity index (χ1n) is 46.2. The summed E-state index contributed by atoms with van der Waals surface area (Å²) in [6, 6.07) is 155. The van der Waals surface area contributed by atoms with Crippen LogP contribution >= 0.6 is 0 Å². The predicted octanol–water partition coefficient (Wildman–Crippen LogP) is 23.9. The number of hydrogen-bond acceptors (Lipinski definition) is 11. The van der Waals surface area contributed by atoms with Crippen molar-refractivity contribution >= 4 is 55.1 Å². The molecule has 0 fully saturated rings. The minimum atomic E-state index is -2.70. The van der Waals surface area contributed by atoms with Gasteiger partial charge in [-0.15, -0.1) is 0 Å². The zero-order chi connectivity index (χ0) is 96.3. The average molecular weight is 1850 g/mol. The van der Waals surface area contributed by atoms with E-state index in [1.807, 2.05) is 506 Å². The predicted molar refractivity (Wildman–Crippen MR) is 553 cm³/mol. The van der Waals surface area contributed by atoms with Crippen molar-refractivity contribution in [3.63, 3.8) is 0 Å². The molecule has 0 spiro atoms. The van der Waals surface area contributed by atoms with E-state index >= 15 is 0 Å². The first kappa shape index (κ1) is 108. The summed E-state index contributed by atoms with van der Waals surface area (Å²) in [5.41, 5.74) is 14.7. The summed E-state index contributed by atoms with van der Waals surface area (Å²) in [4.78, 5) is 96.3. The zero-order valence-electron chi connectivity index (χ0n) is 78.8. The number of ketones is 8. The van der Waals surface area contributed by atoms with Gasteiger partial charge < -0.3 is 30.2 Å². The molecule has 14 heteroatoms. The van der Waals surface area contributed by atoms with Gasteiger partial charge in [-0.3, -0.25) is 38.4 Å². The largest absolute Gasteiger partial charge is 1.00 e. The fourth-order valence-corrected chi connectivity index (χ4v) is 17.2. The Balaban J connectivity index is 0.000000195. The van der Waals surface area contributed by atoms with Crippen molar-refractivity contribution < 1.29 is 68.5 Å². The number of nitrogens with zero attached hydrogens (tertiary/aromatic N) is 1. The Morgan fingerprint density at radius 2 is 0.365 bits per heavy atom. The molecule has 16 rings (SSSR count). The van der Waals surface area contributed by atoms with E-state index in [1.54, 1.807) is 0 Å². The molecular formula is C123H122ClNO11Si. The molecule has 16 aromatic rings. The summed E-state index contributed by atoms with van der Waals surface area (Å²) in [7, 11) is 1.56. The molecule has 0 amide bonds. The molecule has 0 aromatic heterocycles. The lowest BCUT2D eigenvalue weighted by Crippen LogP contribution is -3.00. The number of carbonyl (C=O) groups excluding carboxylic acids is 8. The number of quaternary nitrogens is 1. The monoisotopic (exact) mass is 1850 g/mol. The summed E-state index contributed by atoms with van der Waals surface area (Å²) in [6.45, 7) is 8.45. The van der Waals surface area contributed by atoms with Gasteiger partial charge in [-0.25, -0.2) is 0 Å². The van der Waals surface area contributed by atoms with Crippen molar-refractivity contribution in [2.75, 3.05) is 40.5 Å². The van der Waals surface area contributed by atoms with Crippen LogP contribution in [0.15, 0.2) is 485 Å². The van der Waals surface area contributed by atoms with Crippen LogP contribution in [0, 0.1) is 0 Å². The quantitative estimate of drug-likeness (QED) is 0.0211. The summed E-state index contributed by atoms with van der Waals surface area (Å²) in [5.74, 6) is 1.32. The van der Waals surface area contributed by atoms with Gasteiger partial charge in [0, 0.05) is 127 Å².